The van der Waals surface area contributed by atoms with E-state index in [1.165, 1.54) is 5.56 Å². The first-order valence-electron chi connectivity index (χ1n) is 14.6. The van der Waals surface area contributed by atoms with Crippen molar-refractivity contribution in [3.8, 4) is 5.69 Å². The molecule has 0 bridgehead atoms. The molecular formula is C36H42N4O2. The standard InChI is InChI=1S/C36H42N4O2/c1-9-12-18-39(8)34(42)31-23-33-32(19-25(31)24-41)37-40(38-33)30-21-28(35(4,5)26(10-2)11-3)20-29(22-30)36(6,7)27-16-14-13-15-17-27/h10-11,13-17,19-24H,2,9,12,18H2,1,3-8H3/b26-11+. The van der Waals surface area contributed by atoms with Gasteiger partial charge >= 0.3 is 0 Å². The molecule has 1 amide bonds. The van der Waals surface area contributed by atoms with Gasteiger partial charge < -0.3 is 4.90 Å². The Balaban J connectivity index is 1.90. The van der Waals surface area contributed by atoms with Crippen molar-refractivity contribution >= 4 is 23.2 Å². The van der Waals surface area contributed by atoms with Gasteiger partial charge in [0, 0.05) is 30.0 Å². The zero-order valence-electron chi connectivity index (χ0n) is 25.9. The lowest BCUT2D eigenvalue weighted by Crippen LogP contribution is -2.28. The first kappa shape index (κ1) is 30.6. The number of carbonyl (C=O) groups is 2. The minimum Gasteiger partial charge on any atom is -0.342 e. The Morgan fingerprint density at radius 2 is 1.60 bits per heavy atom. The molecule has 3 aromatic carbocycles. The molecule has 0 radical (unpaired) electrons. The van der Waals surface area contributed by atoms with Crippen molar-refractivity contribution in [3.63, 3.8) is 0 Å². The van der Waals surface area contributed by atoms with Crippen molar-refractivity contribution in [3.05, 3.63) is 113 Å². The van der Waals surface area contributed by atoms with E-state index in [4.69, 9.17) is 10.2 Å². The Hall–Kier alpha value is -4.32. The Labute approximate surface area is 249 Å². The molecule has 0 aliphatic rings. The van der Waals surface area contributed by atoms with E-state index in [-0.39, 0.29) is 16.7 Å². The monoisotopic (exact) mass is 562 g/mol. The van der Waals surface area contributed by atoms with Crippen molar-refractivity contribution in [1.82, 2.24) is 19.9 Å². The fraction of sp³-hybridized carbons (Fsp3) is 0.333. The van der Waals surface area contributed by atoms with E-state index in [1.807, 2.05) is 19.1 Å². The number of unbranched alkanes of at least 4 members (excludes halogenated alkanes) is 1. The van der Waals surface area contributed by atoms with Crippen LogP contribution in [0.25, 0.3) is 16.7 Å². The lowest BCUT2D eigenvalue weighted by Gasteiger charge is -2.32. The average molecular weight is 563 g/mol. The summed E-state index contributed by atoms with van der Waals surface area (Å²) < 4.78 is 0. The molecule has 0 unspecified atom stereocenters. The molecule has 42 heavy (non-hydrogen) atoms. The van der Waals surface area contributed by atoms with Crippen LogP contribution in [0.5, 0.6) is 0 Å². The summed E-state index contributed by atoms with van der Waals surface area (Å²) in [7, 11) is 1.76. The summed E-state index contributed by atoms with van der Waals surface area (Å²) in [5.41, 5.74) is 6.49. The van der Waals surface area contributed by atoms with E-state index in [2.05, 4.69) is 89.7 Å². The Kier molecular flexibility index (Phi) is 8.95. The van der Waals surface area contributed by atoms with Gasteiger partial charge in [-0.3, -0.25) is 9.59 Å². The van der Waals surface area contributed by atoms with Gasteiger partial charge in [-0.25, -0.2) is 0 Å². The summed E-state index contributed by atoms with van der Waals surface area (Å²) >= 11 is 0. The van der Waals surface area contributed by atoms with Crippen LogP contribution in [0, 0.1) is 0 Å². The first-order valence-corrected chi connectivity index (χ1v) is 14.6. The highest BCUT2D eigenvalue weighted by Gasteiger charge is 2.30. The summed E-state index contributed by atoms with van der Waals surface area (Å²) in [6.45, 7) is 17.6. The number of carbonyl (C=O) groups excluding carboxylic acids is 2. The zero-order valence-corrected chi connectivity index (χ0v) is 25.9. The number of nitrogens with zero attached hydrogens (tertiary/aromatic N) is 4. The highest BCUT2D eigenvalue weighted by Crippen LogP contribution is 2.39. The molecule has 218 valence electrons. The maximum absolute atomic E-state index is 13.2. The third kappa shape index (κ3) is 5.85. The summed E-state index contributed by atoms with van der Waals surface area (Å²) in [6.07, 6.45) is 6.60. The third-order valence-corrected chi connectivity index (χ3v) is 8.44. The first-order chi connectivity index (χ1) is 20.0. The van der Waals surface area contributed by atoms with Crippen LogP contribution in [0.1, 0.15) is 91.8 Å². The molecule has 4 aromatic rings. The van der Waals surface area contributed by atoms with Crippen molar-refractivity contribution in [2.75, 3.05) is 13.6 Å². The lowest BCUT2D eigenvalue weighted by atomic mass is 9.72. The second kappa shape index (κ2) is 12.3. The number of fused-ring (bicyclic) bond motifs is 1. The van der Waals surface area contributed by atoms with Gasteiger partial charge in [0.1, 0.15) is 11.0 Å². The molecule has 0 aliphatic carbocycles. The van der Waals surface area contributed by atoms with Gasteiger partial charge in [0.05, 0.1) is 11.3 Å². The van der Waals surface area contributed by atoms with Crippen LogP contribution < -0.4 is 0 Å². The van der Waals surface area contributed by atoms with Gasteiger partial charge in [-0.2, -0.15) is 4.80 Å². The number of hydrogen-bond acceptors (Lipinski definition) is 4. The smallest absolute Gasteiger partial charge is 0.254 e. The van der Waals surface area contributed by atoms with Crippen molar-refractivity contribution in [2.45, 2.75) is 65.2 Å². The van der Waals surface area contributed by atoms with Crippen LogP contribution in [-0.2, 0) is 10.8 Å². The highest BCUT2D eigenvalue weighted by atomic mass is 16.2. The van der Waals surface area contributed by atoms with Gasteiger partial charge in [0.15, 0.2) is 6.29 Å². The number of hydrogen-bond donors (Lipinski definition) is 0. The largest absolute Gasteiger partial charge is 0.342 e. The number of aldehydes is 1. The zero-order chi connectivity index (χ0) is 30.7. The molecule has 0 atom stereocenters. The normalized spacial score (nSPS) is 12.4. The van der Waals surface area contributed by atoms with Crippen molar-refractivity contribution in [1.29, 1.82) is 0 Å². The molecule has 0 spiro atoms. The van der Waals surface area contributed by atoms with Gasteiger partial charge in [-0.15, -0.1) is 10.2 Å². The number of benzene rings is 3. The van der Waals surface area contributed by atoms with Crippen molar-refractivity contribution < 1.29 is 9.59 Å². The van der Waals surface area contributed by atoms with E-state index < -0.39 is 0 Å². The van der Waals surface area contributed by atoms with Gasteiger partial charge in [-0.05, 0) is 59.9 Å². The average Bonchev–Trinajstić information content (AvgIpc) is 3.42. The van der Waals surface area contributed by atoms with Crippen LogP contribution in [0.15, 0.2) is 85.0 Å². The van der Waals surface area contributed by atoms with E-state index in [1.54, 1.807) is 28.9 Å². The van der Waals surface area contributed by atoms with Crippen LogP contribution in [-0.4, -0.2) is 45.7 Å². The number of allylic oxidation sites excluding steroid dienone is 3. The minimum absolute atomic E-state index is 0.194. The Morgan fingerprint density at radius 3 is 2.19 bits per heavy atom. The SMILES string of the molecule is C=C/C(=C\C)C(C)(C)c1cc(-n2nc3cc(C=O)c(C(=O)N(C)CCCC)cc3n2)cc(C(C)(C)c2ccccc2)c1. The summed E-state index contributed by atoms with van der Waals surface area (Å²) in [4.78, 5) is 28.5. The van der Waals surface area contributed by atoms with Gasteiger partial charge in [0.25, 0.3) is 5.91 Å². The van der Waals surface area contributed by atoms with E-state index in [0.29, 0.717) is 28.7 Å². The third-order valence-electron chi connectivity index (χ3n) is 8.44. The van der Waals surface area contributed by atoms with E-state index >= 15 is 0 Å². The number of amides is 1. The molecule has 4 rings (SSSR count). The highest BCUT2D eigenvalue weighted by molar-refractivity contribution is 6.04. The van der Waals surface area contributed by atoms with Gasteiger partial charge in [-0.1, -0.05) is 96.2 Å². The second-order valence-corrected chi connectivity index (χ2v) is 11.9. The molecule has 0 N–H and O–H groups in total. The fourth-order valence-corrected chi connectivity index (χ4v) is 5.45. The molecule has 0 saturated heterocycles. The molecule has 0 fully saturated rings. The summed E-state index contributed by atoms with van der Waals surface area (Å²) in [5.74, 6) is -0.194. The predicted molar refractivity (Wildman–Crippen MR) is 172 cm³/mol. The topological polar surface area (TPSA) is 68.1 Å². The molecule has 1 aromatic heterocycles. The Morgan fingerprint density at radius 1 is 0.952 bits per heavy atom. The van der Waals surface area contributed by atoms with Gasteiger partial charge in [0.2, 0.25) is 0 Å². The quantitative estimate of drug-likeness (QED) is 0.138. The second-order valence-electron chi connectivity index (χ2n) is 11.9. The number of rotatable bonds is 11. The van der Waals surface area contributed by atoms with Crippen LogP contribution in [0.3, 0.4) is 0 Å². The van der Waals surface area contributed by atoms with Crippen LogP contribution >= 0.6 is 0 Å². The predicted octanol–water partition coefficient (Wildman–Crippen LogP) is 7.84. The van der Waals surface area contributed by atoms with Crippen LogP contribution in [0.4, 0.5) is 0 Å². The molecule has 6 nitrogen and oxygen atoms in total. The summed E-state index contributed by atoms with van der Waals surface area (Å²) in [6, 6.07) is 20.3. The van der Waals surface area contributed by atoms with E-state index in [9.17, 15) is 9.59 Å². The number of aromatic nitrogens is 3. The van der Waals surface area contributed by atoms with E-state index in [0.717, 1.165) is 41.5 Å². The van der Waals surface area contributed by atoms with Crippen molar-refractivity contribution in [2.24, 2.45) is 0 Å². The molecular weight excluding hydrogens is 520 g/mol. The maximum atomic E-state index is 13.2. The molecule has 6 heteroatoms. The molecule has 1 heterocycles. The Bertz CT molecular complexity index is 1640. The van der Waals surface area contributed by atoms with Crippen LogP contribution in [0.2, 0.25) is 0 Å². The molecule has 0 aliphatic heterocycles. The molecule has 0 saturated carbocycles. The maximum Gasteiger partial charge on any atom is 0.254 e. The minimum atomic E-state index is -0.325. The summed E-state index contributed by atoms with van der Waals surface area (Å²) in [5, 5.41) is 9.59. The lowest BCUT2D eigenvalue weighted by molar-refractivity contribution is 0.0790. The fourth-order valence-electron chi connectivity index (χ4n) is 5.45.